The summed E-state index contributed by atoms with van der Waals surface area (Å²) >= 11 is 0. The molecular formula is C11H20N2O2. The maximum atomic E-state index is 11.6. The minimum Gasteiger partial charge on any atom is -0.391 e. The summed E-state index contributed by atoms with van der Waals surface area (Å²) in [6.07, 6.45) is 4.01. The average molecular weight is 212 g/mol. The number of hydrogen-bond acceptors (Lipinski definition) is 3. The summed E-state index contributed by atoms with van der Waals surface area (Å²) in [4.78, 5) is 15.5. The summed E-state index contributed by atoms with van der Waals surface area (Å²) in [6, 6.07) is 0.219. The Balaban J connectivity index is 1.95. The van der Waals surface area contributed by atoms with Gasteiger partial charge in [-0.15, -0.1) is 0 Å². The Morgan fingerprint density at radius 2 is 2.00 bits per heavy atom. The third kappa shape index (κ3) is 2.32. The molecule has 0 bridgehead atoms. The molecule has 0 spiro atoms. The molecule has 0 aromatic carbocycles. The number of rotatable bonds is 1. The second-order valence-corrected chi connectivity index (χ2v) is 4.70. The Morgan fingerprint density at radius 1 is 1.27 bits per heavy atom. The van der Waals surface area contributed by atoms with Gasteiger partial charge in [-0.2, -0.15) is 0 Å². The standard InChI is InChI=1S/C11H20N2O2/c1-12-6-7-13(8-11(12)15)9-4-2-3-5-10(9)14/h9-10,14H,2-8H2,1H3. The lowest BCUT2D eigenvalue weighted by molar-refractivity contribution is -0.137. The van der Waals surface area contributed by atoms with Crippen molar-refractivity contribution in [3.63, 3.8) is 0 Å². The van der Waals surface area contributed by atoms with Crippen LogP contribution >= 0.6 is 0 Å². The van der Waals surface area contributed by atoms with Gasteiger partial charge in [0.2, 0.25) is 5.91 Å². The molecule has 2 atom stereocenters. The predicted molar refractivity (Wildman–Crippen MR) is 57.5 cm³/mol. The highest BCUT2D eigenvalue weighted by atomic mass is 16.3. The molecule has 1 heterocycles. The largest absolute Gasteiger partial charge is 0.391 e. The molecule has 2 fully saturated rings. The summed E-state index contributed by atoms with van der Waals surface area (Å²) < 4.78 is 0. The van der Waals surface area contributed by atoms with E-state index in [9.17, 15) is 9.90 Å². The fourth-order valence-electron chi connectivity index (χ4n) is 2.58. The predicted octanol–water partition coefficient (Wildman–Crippen LogP) is 0.0639. The quantitative estimate of drug-likeness (QED) is 0.668. The van der Waals surface area contributed by atoms with Crippen molar-refractivity contribution in [1.82, 2.24) is 9.80 Å². The molecule has 1 saturated heterocycles. The van der Waals surface area contributed by atoms with Crippen molar-refractivity contribution in [2.75, 3.05) is 26.7 Å². The van der Waals surface area contributed by atoms with Gasteiger partial charge in [-0.05, 0) is 12.8 Å². The topological polar surface area (TPSA) is 43.8 Å². The van der Waals surface area contributed by atoms with E-state index in [1.54, 1.807) is 4.90 Å². The number of carbonyl (C=O) groups is 1. The second-order valence-electron chi connectivity index (χ2n) is 4.70. The van der Waals surface area contributed by atoms with Crippen LogP contribution in [0.3, 0.4) is 0 Å². The number of amides is 1. The van der Waals surface area contributed by atoms with Gasteiger partial charge in [0, 0.05) is 26.2 Å². The van der Waals surface area contributed by atoms with Gasteiger partial charge in [-0.1, -0.05) is 12.8 Å². The highest BCUT2D eigenvalue weighted by molar-refractivity contribution is 5.78. The molecule has 1 N–H and O–H groups in total. The molecule has 1 aliphatic carbocycles. The van der Waals surface area contributed by atoms with Gasteiger partial charge in [0.1, 0.15) is 0 Å². The van der Waals surface area contributed by atoms with Crippen LogP contribution in [0.2, 0.25) is 0 Å². The van der Waals surface area contributed by atoms with E-state index >= 15 is 0 Å². The van der Waals surface area contributed by atoms with Crippen LogP contribution in [-0.4, -0.2) is 59.6 Å². The number of carbonyl (C=O) groups excluding carboxylic acids is 1. The van der Waals surface area contributed by atoms with E-state index in [1.165, 1.54) is 6.42 Å². The fourth-order valence-corrected chi connectivity index (χ4v) is 2.58. The SMILES string of the molecule is CN1CCN(C2CCCCC2O)CC1=O. The molecule has 4 heteroatoms. The third-order valence-electron chi connectivity index (χ3n) is 3.65. The zero-order chi connectivity index (χ0) is 10.8. The fraction of sp³-hybridized carbons (Fsp3) is 0.909. The van der Waals surface area contributed by atoms with E-state index in [1.807, 2.05) is 7.05 Å². The molecule has 0 radical (unpaired) electrons. The van der Waals surface area contributed by atoms with Gasteiger partial charge in [-0.25, -0.2) is 0 Å². The molecule has 86 valence electrons. The smallest absolute Gasteiger partial charge is 0.236 e. The van der Waals surface area contributed by atoms with Gasteiger partial charge < -0.3 is 10.0 Å². The van der Waals surface area contributed by atoms with E-state index in [-0.39, 0.29) is 18.1 Å². The second kappa shape index (κ2) is 4.49. The van der Waals surface area contributed by atoms with Crippen LogP contribution in [0.15, 0.2) is 0 Å². The van der Waals surface area contributed by atoms with E-state index < -0.39 is 0 Å². The summed E-state index contributed by atoms with van der Waals surface area (Å²) in [7, 11) is 1.84. The summed E-state index contributed by atoms with van der Waals surface area (Å²) in [5.41, 5.74) is 0. The summed E-state index contributed by atoms with van der Waals surface area (Å²) in [5, 5.41) is 9.91. The lowest BCUT2D eigenvalue weighted by Crippen LogP contribution is -2.55. The van der Waals surface area contributed by atoms with Gasteiger partial charge in [0.25, 0.3) is 0 Å². The van der Waals surface area contributed by atoms with Crippen LogP contribution in [-0.2, 0) is 4.79 Å². The lowest BCUT2D eigenvalue weighted by atomic mass is 9.91. The molecule has 15 heavy (non-hydrogen) atoms. The third-order valence-corrected chi connectivity index (χ3v) is 3.65. The highest BCUT2D eigenvalue weighted by Crippen LogP contribution is 2.24. The molecule has 2 aliphatic rings. The highest BCUT2D eigenvalue weighted by Gasteiger charge is 2.32. The normalized spacial score (nSPS) is 34.5. The average Bonchev–Trinajstić information content (AvgIpc) is 2.23. The Labute approximate surface area is 90.9 Å². The van der Waals surface area contributed by atoms with Crippen molar-refractivity contribution >= 4 is 5.91 Å². The van der Waals surface area contributed by atoms with Crippen molar-refractivity contribution in [3.8, 4) is 0 Å². The number of piperazine rings is 1. The Morgan fingerprint density at radius 3 is 2.67 bits per heavy atom. The molecule has 1 saturated carbocycles. The Bertz CT molecular complexity index is 245. The Kier molecular flexibility index (Phi) is 3.26. The maximum Gasteiger partial charge on any atom is 0.236 e. The monoisotopic (exact) mass is 212 g/mol. The van der Waals surface area contributed by atoms with Crippen molar-refractivity contribution in [2.24, 2.45) is 0 Å². The van der Waals surface area contributed by atoms with E-state index in [4.69, 9.17) is 0 Å². The number of nitrogens with zero attached hydrogens (tertiary/aromatic N) is 2. The van der Waals surface area contributed by atoms with Crippen molar-refractivity contribution < 1.29 is 9.90 Å². The van der Waals surface area contributed by atoms with Gasteiger partial charge in [0.15, 0.2) is 0 Å². The zero-order valence-electron chi connectivity index (χ0n) is 9.35. The minimum atomic E-state index is -0.227. The van der Waals surface area contributed by atoms with E-state index in [2.05, 4.69) is 4.90 Å². The lowest BCUT2D eigenvalue weighted by Gasteiger charge is -2.41. The number of aliphatic hydroxyl groups excluding tert-OH is 1. The number of likely N-dealkylation sites (N-methyl/N-ethyl adjacent to an activating group) is 1. The summed E-state index contributed by atoms with van der Waals surface area (Å²) in [6.45, 7) is 2.18. The van der Waals surface area contributed by atoms with E-state index in [0.717, 1.165) is 32.4 Å². The molecule has 0 aromatic rings. The van der Waals surface area contributed by atoms with Crippen molar-refractivity contribution in [2.45, 2.75) is 37.8 Å². The van der Waals surface area contributed by atoms with Gasteiger partial charge >= 0.3 is 0 Å². The van der Waals surface area contributed by atoms with Gasteiger partial charge in [-0.3, -0.25) is 9.69 Å². The molecular weight excluding hydrogens is 192 g/mol. The molecule has 0 aromatic heterocycles. The summed E-state index contributed by atoms with van der Waals surface area (Å²) in [5.74, 6) is 0.180. The van der Waals surface area contributed by atoms with Gasteiger partial charge in [0.05, 0.1) is 12.6 Å². The van der Waals surface area contributed by atoms with Crippen LogP contribution in [0.25, 0.3) is 0 Å². The zero-order valence-corrected chi connectivity index (χ0v) is 9.35. The first-order valence-corrected chi connectivity index (χ1v) is 5.84. The first kappa shape index (κ1) is 10.9. The van der Waals surface area contributed by atoms with E-state index in [0.29, 0.717) is 6.54 Å². The molecule has 1 aliphatic heterocycles. The maximum absolute atomic E-state index is 11.6. The molecule has 4 nitrogen and oxygen atoms in total. The number of aliphatic hydroxyl groups is 1. The first-order valence-electron chi connectivity index (χ1n) is 5.84. The first-order chi connectivity index (χ1) is 7.18. The molecule has 2 unspecified atom stereocenters. The Hall–Kier alpha value is -0.610. The van der Waals surface area contributed by atoms with Crippen LogP contribution in [0.5, 0.6) is 0 Å². The minimum absolute atomic E-state index is 0.180. The van der Waals surface area contributed by atoms with Crippen LogP contribution in [0, 0.1) is 0 Å². The van der Waals surface area contributed by atoms with Crippen LogP contribution < -0.4 is 0 Å². The van der Waals surface area contributed by atoms with Crippen LogP contribution in [0.1, 0.15) is 25.7 Å². The van der Waals surface area contributed by atoms with Crippen molar-refractivity contribution in [3.05, 3.63) is 0 Å². The molecule has 1 amide bonds. The van der Waals surface area contributed by atoms with Crippen LogP contribution in [0.4, 0.5) is 0 Å². The van der Waals surface area contributed by atoms with Crippen molar-refractivity contribution in [1.29, 1.82) is 0 Å². The molecule has 2 rings (SSSR count). The number of hydrogen-bond donors (Lipinski definition) is 1.